The topological polar surface area (TPSA) is 54.5 Å². The zero-order valence-electron chi connectivity index (χ0n) is 11.8. The molecule has 0 spiro atoms. The van der Waals surface area contributed by atoms with E-state index in [4.69, 9.17) is 4.74 Å². The number of amides is 1. The van der Waals surface area contributed by atoms with Crippen molar-refractivity contribution in [1.29, 1.82) is 0 Å². The van der Waals surface area contributed by atoms with E-state index in [0.717, 1.165) is 47.3 Å². The third-order valence-electron chi connectivity index (χ3n) is 3.22. The van der Waals surface area contributed by atoms with Crippen molar-refractivity contribution in [1.82, 2.24) is 4.98 Å². The van der Waals surface area contributed by atoms with Gasteiger partial charge in [0.25, 0.3) is 0 Å². The predicted octanol–water partition coefficient (Wildman–Crippen LogP) is 2.43. The number of nitrogens with zero attached hydrogens (tertiary/aromatic N) is 2. The normalized spacial score (nSPS) is 15.4. The fourth-order valence-corrected chi connectivity index (χ4v) is 3.60. The molecule has 1 aromatic carbocycles. The van der Waals surface area contributed by atoms with Crippen molar-refractivity contribution in [2.45, 2.75) is 0 Å². The summed E-state index contributed by atoms with van der Waals surface area (Å²) in [4.78, 5) is 18.5. The van der Waals surface area contributed by atoms with Crippen molar-refractivity contribution in [3.8, 4) is 0 Å². The molecule has 1 amide bonds. The maximum absolute atomic E-state index is 11.6. The monoisotopic (exact) mass is 323 g/mol. The lowest BCUT2D eigenvalue weighted by molar-refractivity contribution is -0.113. The van der Waals surface area contributed by atoms with E-state index >= 15 is 0 Å². The van der Waals surface area contributed by atoms with Crippen LogP contribution in [-0.4, -0.2) is 49.2 Å². The molecule has 0 atom stereocenters. The first kappa shape index (κ1) is 14.6. The van der Waals surface area contributed by atoms with E-state index in [1.807, 2.05) is 24.5 Å². The number of hydrogen-bond acceptors (Lipinski definition) is 6. The van der Waals surface area contributed by atoms with Crippen LogP contribution in [0, 0.1) is 0 Å². The van der Waals surface area contributed by atoms with Crippen molar-refractivity contribution in [2.24, 2.45) is 0 Å². The van der Waals surface area contributed by atoms with Crippen LogP contribution in [0.5, 0.6) is 0 Å². The van der Waals surface area contributed by atoms with Crippen LogP contribution < -0.4 is 10.2 Å². The standard InChI is InChI=1S/C14H17N3O2S2/c1-20-9-13(18)15-10-2-3-11-12(8-10)21-14(16-11)17-4-6-19-7-5-17/h2-3,8H,4-7,9H2,1H3,(H,15,18). The zero-order valence-corrected chi connectivity index (χ0v) is 13.4. The van der Waals surface area contributed by atoms with Gasteiger partial charge in [0.05, 0.1) is 29.2 Å². The average molecular weight is 323 g/mol. The Morgan fingerprint density at radius 2 is 2.29 bits per heavy atom. The molecule has 1 N–H and O–H groups in total. The van der Waals surface area contributed by atoms with Gasteiger partial charge in [-0.25, -0.2) is 4.98 Å². The maximum atomic E-state index is 11.6. The molecule has 0 radical (unpaired) electrons. The molecule has 7 heteroatoms. The first-order valence-electron chi connectivity index (χ1n) is 6.78. The van der Waals surface area contributed by atoms with E-state index < -0.39 is 0 Å². The van der Waals surface area contributed by atoms with Gasteiger partial charge in [-0.2, -0.15) is 11.8 Å². The summed E-state index contributed by atoms with van der Waals surface area (Å²) < 4.78 is 6.46. The van der Waals surface area contributed by atoms with Crippen molar-refractivity contribution in [2.75, 3.05) is 48.5 Å². The van der Waals surface area contributed by atoms with Gasteiger partial charge in [-0.05, 0) is 24.5 Å². The highest BCUT2D eigenvalue weighted by Gasteiger charge is 2.15. The Morgan fingerprint density at radius 1 is 1.48 bits per heavy atom. The Morgan fingerprint density at radius 3 is 3.05 bits per heavy atom. The van der Waals surface area contributed by atoms with Gasteiger partial charge in [0.1, 0.15) is 0 Å². The quantitative estimate of drug-likeness (QED) is 0.936. The highest BCUT2D eigenvalue weighted by Crippen LogP contribution is 2.31. The van der Waals surface area contributed by atoms with E-state index in [2.05, 4.69) is 15.2 Å². The summed E-state index contributed by atoms with van der Waals surface area (Å²) in [5.41, 5.74) is 1.81. The molecular weight excluding hydrogens is 306 g/mol. The summed E-state index contributed by atoms with van der Waals surface area (Å²) in [7, 11) is 0. The molecule has 5 nitrogen and oxygen atoms in total. The second-order valence-corrected chi connectivity index (χ2v) is 6.63. The van der Waals surface area contributed by atoms with Crippen LogP contribution in [-0.2, 0) is 9.53 Å². The molecule has 0 bridgehead atoms. The molecule has 2 aromatic rings. The van der Waals surface area contributed by atoms with Crippen molar-refractivity contribution >= 4 is 50.0 Å². The molecule has 21 heavy (non-hydrogen) atoms. The fourth-order valence-electron chi connectivity index (χ4n) is 2.21. The van der Waals surface area contributed by atoms with Crippen molar-refractivity contribution in [3.63, 3.8) is 0 Å². The summed E-state index contributed by atoms with van der Waals surface area (Å²) in [6, 6.07) is 5.86. The summed E-state index contributed by atoms with van der Waals surface area (Å²) in [5, 5.41) is 3.94. The van der Waals surface area contributed by atoms with Crippen LogP contribution in [0.2, 0.25) is 0 Å². The number of benzene rings is 1. The Labute approximate surface area is 131 Å². The minimum Gasteiger partial charge on any atom is -0.378 e. The Hall–Kier alpha value is -1.31. The molecule has 0 aliphatic carbocycles. The van der Waals surface area contributed by atoms with Crippen molar-refractivity contribution < 1.29 is 9.53 Å². The number of ether oxygens (including phenoxy) is 1. The molecule has 1 aromatic heterocycles. The minimum atomic E-state index is 0.0276. The summed E-state index contributed by atoms with van der Waals surface area (Å²) in [6.07, 6.45) is 1.92. The van der Waals surface area contributed by atoms with E-state index in [1.165, 1.54) is 11.8 Å². The second-order valence-electron chi connectivity index (χ2n) is 4.76. The van der Waals surface area contributed by atoms with Gasteiger partial charge >= 0.3 is 0 Å². The van der Waals surface area contributed by atoms with Crippen LogP contribution in [0.3, 0.4) is 0 Å². The number of thioether (sulfide) groups is 1. The van der Waals surface area contributed by atoms with Gasteiger partial charge in [-0.15, -0.1) is 0 Å². The molecular formula is C14H17N3O2S2. The number of aromatic nitrogens is 1. The number of hydrogen-bond donors (Lipinski definition) is 1. The second kappa shape index (κ2) is 6.64. The third-order valence-corrected chi connectivity index (χ3v) is 4.85. The molecule has 1 saturated heterocycles. The van der Waals surface area contributed by atoms with E-state index in [-0.39, 0.29) is 5.91 Å². The number of fused-ring (bicyclic) bond motifs is 1. The lowest BCUT2D eigenvalue weighted by atomic mass is 10.3. The Balaban J connectivity index is 1.79. The van der Waals surface area contributed by atoms with E-state index in [1.54, 1.807) is 11.3 Å². The molecule has 112 valence electrons. The van der Waals surface area contributed by atoms with Crippen LogP contribution in [0.15, 0.2) is 18.2 Å². The lowest BCUT2D eigenvalue weighted by Crippen LogP contribution is -2.36. The smallest absolute Gasteiger partial charge is 0.234 e. The molecule has 0 unspecified atom stereocenters. The highest BCUT2D eigenvalue weighted by atomic mass is 32.2. The first-order valence-corrected chi connectivity index (χ1v) is 8.99. The number of morpholine rings is 1. The molecule has 1 aliphatic heterocycles. The fraction of sp³-hybridized carbons (Fsp3) is 0.429. The Bertz CT molecular complexity index is 638. The molecule has 1 aliphatic rings. The maximum Gasteiger partial charge on any atom is 0.234 e. The lowest BCUT2D eigenvalue weighted by Gasteiger charge is -2.25. The van der Waals surface area contributed by atoms with Gasteiger partial charge in [0.2, 0.25) is 5.91 Å². The van der Waals surface area contributed by atoms with Gasteiger partial charge in [-0.3, -0.25) is 4.79 Å². The SMILES string of the molecule is CSCC(=O)Nc1ccc2nc(N3CCOCC3)sc2c1. The molecule has 2 heterocycles. The van der Waals surface area contributed by atoms with Crippen LogP contribution in [0.1, 0.15) is 0 Å². The highest BCUT2D eigenvalue weighted by molar-refractivity contribution is 7.99. The number of nitrogens with one attached hydrogen (secondary N) is 1. The summed E-state index contributed by atoms with van der Waals surface area (Å²) in [5.74, 6) is 0.500. The number of anilines is 2. The van der Waals surface area contributed by atoms with Crippen LogP contribution in [0.4, 0.5) is 10.8 Å². The zero-order chi connectivity index (χ0) is 14.7. The largest absolute Gasteiger partial charge is 0.378 e. The van der Waals surface area contributed by atoms with Crippen molar-refractivity contribution in [3.05, 3.63) is 18.2 Å². The number of thiazole rings is 1. The molecule has 1 fully saturated rings. The third kappa shape index (κ3) is 3.48. The van der Waals surface area contributed by atoms with E-state index in [9.17, 15) is 4.79 Å². The van der Waals surface area contributed by atoms with Crippen LogP contribution in [0.25, 0.3) is 10.2 Å². The number of carbonyl (C=O) groups is 1. The van der Waals surface area contributed by atoms with Gasteiger partial charge in [-0.1, -0.05) is 11.3 Å². The average Bonchev–Trinajstić information content (AvgIpc) is 2.91. The summed E-state index contributed by atoms with van der Waals surface area (Å²) >= 11 is 3.18. The van der Waals surface area contributed by atoms with Gasteiger partial charge < -0.3 is 15.0 Å². The minimum absolute atomic E-state index is 0.0276. The van der Waals surface area contributed by atoms with Gasteiger partial charge in [0.15, 0.2) is 5.13 Å². The van der Waals surface area contributed by atoms with Crippen LogP contribution >= 0.6 is 23.1 Å². The van der Waals surface area contributed by atoms with Gasteiger partial charge in [0, 0.05) is 18.8 Å². The van der Waals surface area contributed by atoms with E-state index in [0.29, 0.717) is 5.75 Å². The number of rotatable bonds is 4. The molecule has 0 saturated carbocycles. The molecule has 3 rings (SSSR count). The number of carbonyl (C=O) groups excluding carboxylic acids is 1. The summed E-state index contributed by atoms with van der Waals surface area (Å²) in [6.45, 7) is 3.28. The Kier molecular flexibility index (Phi) is 4.62. The predicted molar refractivity (Wildman–Crippen MR) is 89.7 cm³/mol. The first-order chi connectivity index (χ1) is 10.3.